The van der Waals surface area contributed by atoms with Crippen molar-refractivity contribution in [1.29, 1.82) is 0 Å². The summed E-state index contributed by atoms with van der Waals surface area (Å²) >= 11 is 0. The van der Waals surface area contributed by atoms with E-state index in [1.807, 2.05) is 36.5 Å². The zero-order valence-electron chi connectivity index (χ0n) is 7.44. The average molecular weight is 175 g/mol. The van der Waals surface area contributed by atoms with Gasteiger partial charge in [0.25, 0.3) is 0 Å². The fraction of sp³-hybridized carbons (Fsp3) is 0.182. The SMILES string of the molecule is NC(=O)C1=CC/C=C\C=C/CC=C1. The van der Waals surface area contributed by atoms with E-state index in [1.165, 1.54) is 0 Å². The quantitative estimate of drug-likeness (QED) is 0.649. The molecular weight excluding hydrogens is 162 g/mol. The minimum absolute atomic E-state index is 0.366. The van der Waals surface area contributed by atoms with E-state index in [9.17, 15) is 4.79 Å². The van der Waals surface area contributed by atoms with Gasteiger partial charge in [-0.2, -0.15) is 0 Å². The number of hydrogen-bond acceptors (Lipinski definition) is 1. The Balaban J connectivity index is 2.76. The topological polar surface area (TPSA) is 43.1 Å². The summed E-state index contributed by atoms with van der Waals surface area (Å²) in [6.07, 6.45) is 15.1. The van der Waals surface area contributed by atoms with Crippen LogP contribution >= 0.6 is 0 Å². The Morgan fingerprint density at radius 1 is 1.15 bits per heavy atom. The van der Waals surface area contributed by atoms with Gasteiger partial charge in [-0.3, -0.25) is 4.79 Å². The van der Waals surface area contributed by atoms with Crippen LogP contribution in [0, 0.1) is 0 Å². The van der Waals surface area contributed by atoms with Gasteiger partial charge in [0, 0.05) is 5.57 Å². The van der Waals surface area contributed by atoms with Crippen molar-refractivity contribution in [3.05, 3.63) is 48.1 Å². The number of hydrogen-bond donors (Lipinski definition) is 1. The van der Waals surface area contributed by atoms with E-state index in [2.05, 4.69) is 0 Å². The fourth-order valence-corrected chi connectivity index (χ4v) is 1.03. The lowest BCUT2D eigenvalue weighted by atomic mass is 10.1. The molecule has 1 aliphatic rings. The van der Waals surface area contributed by atoms with E-state index in [1.54, 1.807) is 6.08 Å². The molecule has 0 aromatic carbocycles. The fourth-order valence-electron chi connectivity index (χ4n) is 1.03. The number of carbonyl (C=O) groups is 1. The van der Waals surface area contributed by atoms with E-state index < -0.39 is 0 Å². The monoisotopic (exact) mass is 175 g/mol. The summed E-state index contributed by atoms with van der Waals surface area (Å²) in [5.41, 5.74) is 5.76. The first-order valence-electron chi connectivity index (χ1n) is 4.29. The molecule has 0 heterocycles. The summed E-state index contributed by atoms with van der Waals surface area (Å²) in [6, 6.07) is 0. The van der Waals surface area contributed by atoms with E-state index in [4.69, 9.17) is 5.73 Å². The van der Waals surface area contributed by atoms with Crippen LogP contribution in [0.3, 0.4) is 0 Å². The van der Waals surface area contributed by atoms with Crippen molar-refractivity contribution in [2.24, 2.45) is 5.73 Å². The third-order valence-corrected chi connectivity index (χ3v) is 1.71. The van der Waals surface area contributed by atoms with Gasteiger partial charge in [-0.05, 0) is 12.8 Å². The van der Waals surface area contributed by atoms with Gasteiger partial charge in [0.15, 0.2) is 0 Å². The van der Waals surface area contributed by atoms with Gasteiger partial charge in [-0.1, -0.05) is 42.5 Å². The smallest absolute Gasteiger partial charge is 0.248 e. The van der Waals surface area contributed by atoms with E-state index >= 15 is 0 Å². The number of amides is 1. The van der Waals surface area contributed by atoms with Crippen molar-refractivity contribution in [1.82, 2.24) is 0 Å². The molecule has 0 atom stereocenters. The summed E-state index contributed by atoms with van der Waals surface area (Å²) < 4.78 is 0. The maximum atomic E-state index is 10.9. The molecule has 2 N–H and O–H groups in total. The van der Waals surface area contributed by atoms with Crippen LogP contribution in [0.25, 0.3) is 0 Å². The summed E-state index contributed by atoms with van der Waals surface area (Å²) in [7, 11) is 0. The number of rotatable bonds is 1. The van der Waals surface area contributed by atoms with Gasteiger partial charge < -0.3 is 5.73 Å². The van der Waals surface area contributed by atoms with Crippen LogP contribution in [0.2, 0.25) is 0 Å². The second-order valence-electron chi connectivity index (χ2n) is 2.75. The van der Waals surface area contributed by atoms with Gasteiger partial charge in [-0.25, -0.2) is 0 Å². The first kappa shape index (κ1) is 9.52. The van der Waals surface area contributed by atoms with Gasteiger partial charge in [0.1, 0.15) is 0 Å². The first-order valence-corrected chi connectivity index (χ1v) is 4.29. The number of primary amides is 1. The molecule has 2 nitrogen and oxygen atoms in total. The molecule has 0 saturated heterocycles. The molecule has 0 aromatic rings. The molecular formula is C11H13NO. The third kappa shape index (κ3) is 3.56. The molecule has 13 heavy (non-hydrogen) atoms. The molecule has 0 radical (unpaired) electrons. The zero-order chi connectivity index (χ0) is 9.52. The normalized spacial score (nSPS) is 21.7. The molecule has 0 bridgehead atoms. The largest absolute Gasteiger partial charge is 0.366 e. The third-order valence-electron chi connectivity index (χ3n) is 1.71. The summed E-state index contributed by atoms with van der Waals surface area (Å²) in [4.78, 5) is 10.9. The van der Waals surface area contributed by atoms with E-state index in [-0.39, 0.29) is 5.91 Å². The van der Waals surface area contributed by atoms with Crippen molar-refractivity contribution in [2.75, 3.05) is 0 Å². The second kappa shape index (κ2) is 5.14. The van der Waals surface area contributed by atoms with Gasteiger partial charge in [0.05, 0.1) is 0 Å². The Labute approximate surface area is 78.1 Å². The van der Waals surface area contributed by atoms with Crippen LogP contribution < -0.4 is 5.73 Å². The minimum Gasteiger partial charge on any atom is -0.366 e. The van der Waals surface area contributed by atoms with Gasteiger partial charge in [-0.15, -0.1) is 0 Å². The first-order chi connectivity index (χ1) is 6.30. The molecule has 1 rings (SSSR count). The predicted molar refractivity (Wildman–Crippen MR) is 53.9 cm³/mol. The zero-order valence-corrected chi connectivity index (χ0v) is 7.44. The maximum Gasteiger partial charge on any atom is 0.248 e. The Morgan fingerprint density at radius 3 is 2.54 bits per heavy atom. The Hall–Kier alpha value is -1.57. The lowest BCUT2D eigenvalue weighted by Gasteiger charge is -1.95. The summed E-state index contributed by atoms with van der Waals surface area (Å²) in [6.45, 7) is 0. The van der Waals surface area contributed by atoms with Crippen molar-refractivity contribution >= 4 is 5.91 Å². The molecule has 0 unspecified atom stereocenters. The van der Waals surface area contributed by atoms with Crippen molar-refractivity contribution in [3.63, 3.8) is 0 Å². The van der Waals surface area contributed by atoms with Crippen molar-refractivity contribution < 1.29 is 4.79 Å². The Bertz CT molecular complexity index is 295. The number of allylic oxidation sites excluding steroid dienone is 6. The average Bonchev–Trinajstić information content (AvgIpc) is 2.14. The number of nitrogens with two attached hydrogens (primary N) is 1. The lowest BCUT2D eigenvalue weighted by Crippen LogP contribution is -2.12. The van der Waals surface area contributed by atoms with Crippen LogP contribution in [-0.2, 0) is 4.79 Å². The predicted octanol–water partition coefficient (Wildman–Crippen LogP) is 1.86. The lowest BCUT2D eigenvalue weighted by molar-refractivity contribution is -0.114. The van der Waals surface area contributed by atoms with E-state index in [0.29, 0.717) is 5.57 Å². The van der Waals surface area contributed by atoms with Crippen LogP contribution in [0.5, 0.6) is 0 Å². The molecule has 0 fully saturated rings. The Kier molecular flexibility index (Phi) is 3.76. The van der Waals surface area contributed by atoms with Crippen LogP contribution in [0.4, 0.5) is 0 Å². The van der Waals surface area contributed by atoms with Crippen LogP contribution in [0.1, 0.15) is 12.8 Å². The highest BCUT2D eigenvalue weighted by atomic mass is 16.1. The summed E-state index contributed by atoms with van der Waals surface area (Å²) in [5.74, 6) is -0.366. The molecule has 2 heteroatoms. The molecule has 1 amide bonds. The highest BCUT2D eigenvalue weighted by molar-refractivity contribution is 5.94. The standard InChI is InChI=1S/C11H13NO/c12-11(13)10-8-6-4-2-1-3-5-7-9-10/h1-4,7-9H,5-6H2,(H2,12,13)/b3-1-,4-2-,9-7?,10-8?. The highest BCUT2D eigenvalue weighted by Gasteiger charge is 1.97. The van der Waals surface area contributed by atoms with E-state index in [0.717, 1.165) is 12.8 Å². The molecule has 0 aromatic heterocycles. The molecule has 1 aliphatic carbocycles. The van der Waals surface area contributed by atoms with Crippen molar-refractivity contribution in [2.45, 2.75) is 12.8 Å². The summed E-state index contributed by atoms with van der Waals surface area (Å²) in [5, 5.41) is 0. The molecule has 0 aliphatic heterocycles. The molecule has 68 valence electrons. The maximum absolute atomic E-state index is 10.9. The van der Waals surface area contributed by atoms with Gasteiger partial charge in [0.2, 0.25) is 5.91 Å². The molecule has 0 saturated carbocycles. The molecule has 0 spiro atoms. The number of carbonyl (C=O) groups excluding carboxylic acids is 1. The van der Waals surface area contributed by atoms with Crippen LogP contribution in [-0.4, -0.2) is 5.91 Å². The second-order valence-corrected chi connectivity index (χ2v) is 2.75. The van der Waals surface area contributed by atoms with Crippen LogP contribution in [0.15, 0.2) is 48.1 Å². The van der Waals surface area contributed by atoms with Gasteiger partial charge >= 0.3 is 0 Å². The Morgan fingerprint density at radius 2 is 1.85 bits per heavy atom. The van der Waals surface area contributed by atoms with Crippen molar-refractivity contribution in [3.8, 4) is 0 Å². The highest BCUT2D eigenvalue weighted by Crippen LogP contribution is 2.02. The minimum atomic E-state index is -0.366.